The number of hydrogen-bond acceptors (Lipinski definition) is 5. The molecule has 1 saturated carbocycles. The summed E-state index contributed by atoms with van der Waals surface area (Å²) in [4.78, 5) is 27.8. The molecule has 32 heavy (non-hydrogen) atoms. The van der Waals surface area contributed by atoms with Gasteiger partial charge in [0.1, 0.15) is 33.5 Å². The van der Waals surface area contributed by atoms with E-state index in [4.69, 9.17) is 0 Å². The molecule has 3 atom stereocenters. The number of H-pyrrole nitrogens is 1. The minimum atomic E-state index is -1.62. The highest BCUT2D eigenvalue weighted by Crippen LogP contribution is 2.56. The van der Waals surface area contributed by atoms with Crippen LogP contribution in [0.1, 0.15) is 25.9 Å². The number of ketones is 1. The molecular weight excluding hydrogens is 441 g/mol. The van der Waals surface area contributed by atoms with Gasteiger partial charge in [-0.05, 0) is 6.07 Å². The van der Waals surface area contributed by atoms with Gasteiger partial charge in [0.25, 0.3) is 5.91 Å². The molecule has 162 valence electrons. The van der Waals surface area contributed by atoms with E-state index in [-0.39, 0.29) is 17.8 Å². The molecule has 1 aromatic carbocycles. The monoisotopic (exact) mass is 456 g/mol. The summed E-state index contributed by atoms with van der Waals surface area (Å²) < 4.78 is 41.5. The number of nitrogens with zero attached hydrogens (tertiary/aromatic N) is 2. The van der Waals surface area contributed by atoms with E-state index in [0.29, 0.717) is 11.1 Å². The third-order valence-corrected chi connectivity index (χ3v) is 6.40. The fourth-order valence-corrected chi connectivity index (χ4v) is 4.52. The molecule has 6 nitrogen and oxygen atoms in total. The van der Waals surface area contributed by atoms with E-state index in [1.807, 2.05) is 30.3 Å². The van der Waals surface area contributed by atoms with E-state index in [1.165, 1.54) is 23.6 Å². The average Bonchev–Trinajstić information content (AvgIpc) is 3.19. The normalized spacial score (nSPS) is 21.7. The molecule has 0 radical (unpaired) electrons. The van der Waals surface area contributed by atoms with Crippen molar-refractivity contribution in [2.45, 2.75) is 12.7 Å². The molecule has 2 N–H and O–H groups in total. The first-order chi connectivity index (χ1) is 15.4. The van der Waals surface area contributed by atoms with Gasteiger partial charge in [0, 0.05) is 34.9 Å². The highest BCUT2D eigenvalue weighted by molar-refractivity contribution is 7.14. The molecule has 3 aromatic rings. The van der Waals surface area contributed by atoms with E-state index in [0.717, 1.165) is 10.6 Å². The lowest BCUT2D eigenvalue weighted by atomic mass is 9.96. The molecule has 1 fully saturated rings. The summed E-state index contributed by atoms with van der Waals surface area (Å²) >= 11 is 1.34. The number of carbonyl (C=O) groups is 2. The number of alkyl halides is 1. The van der Waals surface area contributed by atoms with Crippen molar-refractivity contribution in [3.8, 4) is 10.6 Å². The second-order valence-electron chi connectivity index (χ2n) is 7.47. The van der Waals surface area contributed by atoms with Crippen LogP contribution in [0.15, 0.2) is 65.9 Å². The number of benzene rings is 1. The number of Topliss-reactive ketones (excluding diaryl/α,β-unsaturated/α-hetero) is 1. The van der Waals surface area contributed by atoms with Crippen LogP contribution in [0.4, 0.5) is 13.2 Å². The lowest BCUT2D eigenvalue weighted by Gasteiger charge is -2.09. The van der Waals surface area contributed by atoms with Crippen LogP contribution in [-0.4, -0.2) is 33.0 Å². The molecular formula is C22H15F3N4O2S. The highest BCUT2D eigenvalue weighted by atomic mass is 32.1. The van der Waals surface area contributed by atoms with Crippen molar-refractivity contribution >= 4 is 23.0 Å². The first-order valence-electron chi connectivity index (χ1n) is 9.74. The predicted molar refractivity (Wildman–Crippen MR) is 111 cm³/mol. The molecule has 2 aliphatic rings. The summed E-state index contributed by atoms with van der Waals surface area (Å²) in [5.74, 6) is -5.45. The minimum Gasteiger partial charge on any atom is -0.356 e. The van der Waals surface area contributed by atoms with Gasteiger partial charge >= 0.3 is 0 Å². The van der Waals surface area contributed by atoms with Gasteiger partial charge in [-0.15, -0.1) is 10.2 Å². The SMILES string of the molecule is O=C(C1=C(F)C=C(F)C2C(F)C12)c1c[nH]c(C(=O)NCc2nnc(-c3ccccc3)s2)c1. The maximum Gasteiger partial charge on any atom is 0.268 e. The fourth-order valence-electron chi connectivity index (χ4n) is 3.74. The van der Waals surface area contributed by atoms with Crippen LogP contribution in [0.5, 0.6) is 0 Å². The predicted octanol–water partition coefficient (Wildman–Crippen LogP) is 4.32. The Kier molecular flexibility index (Phi) is 5.01. The largest absolute Gasteiger partial charge is 0.356 e. The van der Waals surface area contributed by atoms with Crippen LogP contribution in [0, 0.1) is 11.8 Å². The van der Waals surface area contributed by atoms with E-state index >= 15 is 0 Å². The highest BCUT2D eigenvalue weighted by Gasteiger charge is 2.60. The number of rotatable bonds is 6. The summed E-state index contributed by atoms with van der Waals surface area (Å²) in [5, 5.41) is 12.2. The van der Waals surface area contributed by atoms with Gasteiger partial charge < -0.3 is 10.3 Å². The Labute approximate surface area is 183 Å². The van der Waals surface area contributed by atoms with Crippen molar-refractivity contribution < 1.29 is 22.8 Å². The molecule has 2 aliphatic carbocycles. The topological polar surface area (TPSA) is 87.7 Å². The van der Waals surface area contributed by atoms with E-state index in [1.54, 1.807) is 0 Å². The van der Waals surface area contributed by atoms with Crippen molar-refractivity contribution in [2.75, 3.05) is 0 Å². The van der Waals surface area contributed by atoms with Crippen molar-refractivity contribution in [1.29, 1.82) is 0 Å². The van der Waals surface area contributed by atoms with Gasteiger partial charge in [-0.2, -0.15) is 0 Å². The van der Waals surface area contributed by atoms with Gasteiger partial charge in [-0.3, -0.25) is 9.59 Å². The van der Waals surface area contributed by atoms with Crippen LogP contribution in [-0.2, 0) is 6.54 Å². The third-order valence-electron chi connectivity index (χ3n) is 5.43. The van der Waals surface area contributed by atoms with E-state index in [2.05, 4.69) is 20.5 Å². The summed E-state index contributed by atoms with van der Waals surface area (Å²) in [5.41, 5.74) is 0.597. The molecule has 0 saturated heterocycles. The second kappa shape index (κ2) is 7.86. The standard InChI is InChI=1S/C22H15F3N4O2S/c23-12-7-13(24)17(18-16(12)19(18)25)20(30)11-6-14(26-8-11)21(31)27-9-15-28-29-22(32-15)10-4-2-1-3-5-10/h1-8,16,18-19,26H,9H2,(H,27,31). The maximum atomic E-state index is 14.2. The second-order valence-corrected chi connectivity index (χ2v) is 8.53. The number of hydrogen-bond donors (Lipinski definition) is 2. The molecule has 10 heteroatoms. The molecule has 2 heterocycles. The lowest BCUT2D eigenvalue weighted by molar-refractivity contribution is 0.0946. The average molecular weight is 456 g/mol. The molecule has 0 bridgehead atoms. The Balaban J connectivity index is 1.25. The maximum absolute atomic E-state index is 14.2. The molecule has 3 unspecified atom stereocenters. The number of halogens is 3. The van der Waals surface area contributed by atoms with Crippen LogP contribution in [0.25, 0.3) is 10.6 Å². The molecule has 0 spiro atoms. The number of carbonyl (C=O) groups excluding carboxylic acids is 2. The van der Waals surface area contributed by atoms with Crippen LogP contribution in [0.3, 0.4) is 0 Å². The Hall–Kier alpha value is -3.53. The molecule has 5 rings (SSSR count). The van der Waals surface area contributed by atoms with E-state index in [9.17, 15) is 22.8 Å². The number of nitrogens with one attached hydrogen (secondary N) is 2. The zero-order valence-electron chi connectivity index (χ0n) is 16.3. The number of allylic oxidation sites excluding steroid dienone is 4. The number of fused-ring (bicyclic) bond motifs is 1. The zero-order valence-corrected chi connectivity index (χ0v) is 17.1. The smallest absolute Gasteiger partial charge is 0.268 e. The van der Waals surface area contributed by atoms with Crippen LogP contribution >= 0.6 is 11.3 Å². The summed E-state index contributed by atoms with van der Waals surface area (Å²) in [6.07, 6.45) is 0.183. The third kappa shape index (κ3) is 3.56. The zero-order chi connectivity index (χ0) is 22.4. The van der Waals surface area contributed by atoms with Gasteiger partial charge in [0.05, 0.1) is 12.5 Å². The molecule has 2 aromatic heterocycles. The summed E-state index contributed by atoms with van der Waals surface area (Å²) in [7, 11) is 0. The Morgan fingerprint density at radius 3 is 2.69 bits per heavy atom. The van der Waals surface area contributed by atoms with Crippen molar-refractivity contribution in [3.63, 3.8) is 0 Å². The Morgan fingerprint density at radius 2 is 1.91 bits per heavy atom. The van der Waals surface area contributed by atoms with Crippen molar-refractivity contribution in [3.05, 3.63) is 82.2 Å². The number of amides is 1. The minimum absolute atomic E-state index is 0.00358. The van der Waals surface area contributed by atoms with Crippen molar-refractivity contribution in [2.24, 2.45) is 11.8 Å². The van der Waals surface area contributed by atoms with Gasteiger partial charge in [-0.25, -0.2) is 13.2 Å². The summed E-state index contributed by atoms with van der Waals surface area (Å²) in [6.45, 7) is 0.128. The molecule has 1 amide bonds. The van der Waals surface area contributed by atoms with Crippen LogP contribution in [0.2, 0.25) is 0 Å². The van der Waals surface area contributed by atoms with Gasteiger partial charge in [0.2, 0.25) is 0 Å². The molecule has 0 aliphatic heterocycles. The van der Waals surface area contributed by atoms with Gasteiger partial charge in [0.15, 0.2) is 5.78 Å². The number of aromatic nitrogens is 3. The Morgan fingerprint density at radius 1 is 1.12 bits per heavy atom. The van der Waals surface area contributed by atoms with Crippen LogP contribution < -0.4 is 5.32 Å². The van der Waals surface area contributed by atoms with Crippen molar-refractivity contribution in [1.82, 2.24) is 20.5 Å². The summed E-state index contributed by atoms with van der Waals surface area (Å²) in [6, 6.07) is 10.7. The fraction of sp³-hybridized carbons (Fsp3) is 0.182. The Bertz CT molecular complexity index is 1280. The lowest BCUT2D eigenvalue weighted by Crippen LogP contribution is -2.23. The van der Waals surface area contributed by atoms with E-state index < -0.39 is 46.9 Å². The quantitative estimate of drug-likeness (QED) is 0.541. The first-order valence-corrected chi connectivity index (χ1v) is 10.6. The first kappa shape index (κ1) is 20.4. The van der Waals surface area contributed by atoms with Gasteiger partial charge in [-0.1, -0.05) is 41.7 Å². The number of aromatic amines is 1.